The van der Waals surface area contributed by atoms with Crippen LogP contribution in [0.25, 0.3) is 64.2 Å². The van der Waals surface area contributed by atoms with Crippen LogP contribution in [0, 0.1) is 0 Å². The molecule has 2 atom stereocenters. The standard InChI is InChI=1S/C41H31N3S/c1-43-24-23-36(28-13-6-3-7-14-28)42-41(43)44-37-21-19-29(27-11-4-2-5-12-27)25-34(37)35-26-30(20-22-38(35)44)31-16-10-17-33-32-15-8-9-18-39(32)45-40(31)33/h2-26,36,41-42H,1H3. The smallest absolute Gasteiger partial charge is 0.162 e. The van der Waals surface area contributed by atoms with Crippen LogP contribution in [-0.4, -0.2) is 16.5 Å². The second kappa shape index (κ2) is 10.5. The van der Waals surface area contributed by atoms with Gasteiger partial charge in [-0.2, -0.15) is 0 Å². The minimum absolute atomic E-state index is 0.0559. The fourth-order valence-electron chi connectivity index (χ4n) is 7.03. The number of fused-ring (bicyclic) bond motifs is 6. The molecule has 0 aliphatic carbocycles. The molecule has 4 heteroatoms. The maximum absolute atomic E-state index is 3.94. The van der Waals surface area contributed by atoms with Gasteiger partial charge < -0.3 is 9.47 Å². The van der Waals surface area contributed by atoms with Gasteiger partial charge in [0, 0.05) is 38.0 Å². The molecule has 6 aromatic carbocycles. The summed E-state index contributed by atoms with van der Waals surface area (Å²) in [7, 11) is 2.15. The molecule has 3 nitrogen and oxygen atoms in total. The van der Waals surface area contributed by atoms with Crippen molar-refractivity contribution < 1.29 is 0 Å². The molecule has 0 saturated heterocycles. The van der Waals surface area contributed by atoms with Gasteiger partial charge in [0.05, 0.1) is 17.1 Å². The number of hydrogen-bond donors (Lipinski definition) is 1. The molecule has 0 spiro atoms. The van der Waals surface area contributed by atoms with E-state index in [9.17, 15) is 0 Å². The highest BCUT2D eigenvalue weighted by molar-refractivity contribution is 7.26. The van der Waals surface area contributed by atoms with Crippen LogP contribution in [0.2, 0.25) is 0 Å². The SMILES string of the molecule is CN1C=CC(c2ccccc2)NC1n1c2ccc(-c3ccccc3)cc2c2cc(-c3cccc4c3sc3ccccc34)ccc21. The van der Waals surface area contributed by atoms with E-state index in [1.807, 2.05) is 11.3 Å². The van der Waals surface area contributed by atoms with Crippen molar-refractivity contribution in [3.8, 4) is 22.3 Å². The lowest BCUT2D eigenvalue weighted by Gasteiger charge is -2.37. The van der Waals surface area contributed by atoms with E-state index in [4.69, 9.17) is 0 Å². The molecule has 216 valence electrons. The number of hydrogen-bond acceptors (Lipinski definition) is 3. The third-order valence-electron chi connectivity index (χ3n) is 9.26. The summed E-state index contributed by atoms with van der Waals surface area (Å²) in [5.74, 6) is 0. The number of benzene rings is 6. The van der Waals surface area contributed by atoms with Gasteiger partial charge in [-0.25, -0.2) is 0 Å². The highest BCUT2D eigenvalue weighted by atomic mass is 32.1. The number of aromatic nitrogens is 1. The van der Waals surface area contributed by atoms with E-state index in [0.717, 1.165) is 0 Å². The lowest BCUT2D eigenvalue weighted by atomic mass is 9.99. The summed E-state index contributed by atoms with van der Waals surface area (Å²) in [5, 5.41) is 9.12. The first-order valence-corrected chi connectivity index (χ1v) is 16.3. The van der Waals surface area contributed by atoms with Crippen LogP contribution in [0.1, 0.15) is 17.9 Å². The summed E-state index contributed by atoms with van der Waals surface area (Å²) in [6.45, 7) is 0. The molecule has 2 aromatic heterocycles. The Morgan fingerprint density at radius 1 is 0.578 bits per heavy atom. The normalized spacial score (nSPS) is 16.8. The van der Waals surface area contributed by atoms with Crippen molar-refractivity contribution in [2.75, 3.05) is 7.05 Å². The van der Waals surface area contributed by atoms with Gasteiger partial charge >= 0.3 is 0 Å². The van der Waals surface area contributed by atoms with Crippen molar-refractivity contribution in [2.24, 2.45) is 0 Å². The summed E-state index contributed by atoms with van der Waals surface area (Å²) in [4.78, 5) is 2.27. The largest absolute Gasteiger partial charge is 0.348 e. The Morgan fingerprint density at radius 3 is 2.04 bits per heavy atom. The van der Waals surface area contributed by atoms with E-state index < -0.39 is 0 Å². The monoisotopic (exact) mass is 597 g/mol. The first-order chi connectivity index (χ1) is 22.2. The average Bonchev–Trinajstić information content (AvgIpc) is 3.64. The first kappa shape index (κ1) is 26.3. The van der Waals surface area contributed by atoms with Gasteiger partial charge in [-0.3, -0.25) is 5.32 Å². The number of nitrogens with one attached hydrogen (secondary N) is 1. The van der Waals surface area contributed by atoms with Crippen LogP contribution >= 0.6 is 11.3 Å². The second-order valence-electron chi connectivity index (χ2n) is 11.9. The minimum Gasteiger partial charge on any atom is -0.348 e. The third-order valence-corrected chi connectivity index (χ3v) is 10.5. The lowest BCUT2D eigenvalue weighted by molar-refractivity contribution is 0.179. The van der Waals surface area contributed by atoms with E-state index >= 15 is 0 Å². The molecule has 0 amide bonds. The van der Waals surface area contributed by atoms with Crippen LogP contribution in [0.3, 0.4) is 0 Å². The maximum Gasteiger partial charge on any atom is 0.162 e. The molecule has 2 unspecified atom stereocenters. The van der Waals surface area contributed by atoms with Crippen molar-refractivity contribution in [2.45, 2.75) is 12.3 Å². The van der Waals surface area contributed by atoms with Crippen molar-refractivity contribution in [1.82, 2.24) is 14.8 Å². The fraction of sp³-hybridized carbons (Fsp3) is 0.0732. The molecule has 1 N–H and O–H groups in total. The summed E-state index contributed by atoms with van der Waals surface area (Å²) < 4.78 is 5.15. The van der Waals surface area contributed by atoms with Gasteiger partial charge in [0.2, 0.25) is 0 Å². The van der Waals surface area contributed by atoms with Crippen LogP contribution in [0.15, 0.2) is 152 Å². The van der Waals surface area contributed by atoms with Crippen molar-refractivity contribution in [1.29, 1.82) is 0 Å². The Bertz CT molecular complexity index is 2380. The van der Waals surface area contributed by atoms with E-state index in [-0.39, 0.29) is 12.3 Å². The first-order valence-electron chi connectivity index (χ1n) is 15.5. The highest BCUT2D eigenvalue weighted by Gasteiger charge is 2.27. The van der Waals surface area contributed by atoms with Crippen molar-refractivity contribution in [3.63, 3.8) is 0 Å². The van der Waals surface area contributed by atoms with Crippen LogP contribution < -0.4 is 5.32 Å². The topological polar surface area (TPSA) is 20.2 Å². The molecule has 0 fully saturated rings. The Labute approximate surface area is 266 Å². The maximum atomic E-state index is 3.94. The summed E-state index contributed by atoms with van der Waals surface area (Å²) in [6, 6.07) is 51.0. The molecule has 0 bridgehead atoms. The van der Waals surface area contributed by atoms with Gasteiger partial charge in [0.25, 0.3) is 0 Å². The Balaban J connectivity index is 1.26. The average molecular weight is 598 g/mol. The quantitative estimate of drug-likeness (QED) is 0.218. The van der Waals surface area contributed by atoms with Crippen LogP contribution in [0.5, 0.6) is 0 Å². The number of thiophene rings is 1. The van der Waals surface area contributed by atoms with Gasteiger partial charge in [0.1, 0.15) is 0 Å². The molecule has 9 rings (SSSR count). The van der Waals surface area contributed by atoms with E-state index in [1.165, 1.54) is 69.8 Å². The predicted molar refractivity (Wildman–Crippen MR) is 191 cm³/mol. The third kappa shape index (κ3) is 4.29. The van der Waals surface area contributed by atoms with Gasteiger partial charge in [-0.1, -0.05) is 109 Å². The van der Waals surface area contributed by atoms with Crippen molar-refractivity contribution in [3.05, 3.63) is 157 Å². The summed E-state index contributed by atoms with van der Waals surface area (Å²) >= 11 is 1.89. The molecule has 1 aliphatic heterocycles. The molecular weight excluding hydrogens is 567 g/mol. The summed E-state index contributed by atoms with van der Waals surface area (Å²) in [5.41, 5.74) is 8.68. The zero-order valence-corrected chi connectivity index (χ0v) is 25.7. The van der Waals surface area contributed by atoms with Crippen LogP contribution in [0.4, 0.5) is 0 Å². The number of nitrogens with zero attached hydrogens (tertiary/aromatic N) is 2. The number of rotatable bonds is 4. The molecule has 8 aromatic rings. The van der Waals surface area contributed by atoms with Gasteiger partial charge in [0.15, 0.2) is 6.29 Å². The zero-order valence-electron chi connectivity index (χ0n) is 24.9. The van der Waals surface area contributed by atoms with E-state index in [2.05, 4.69) is 174 Å². The van der Waals surface area contributed by atoms with Crippen LogP contribution in [-0.2, 0) is 0 Å². The van der Waals surface area contributed by atoms with Gasteiger partial charge in [-0.15, -0.1) is 11.3 Å². The van der Waals surface area contributed by atoms with E-state index in [0.29, 0.717) is 0 Å². The Kier molecular flexibility index (Phi) is 6.12. The molecule has 0 saturated carbocycles. The molecule has 45 heavy (non-hydrogen) atoms. The van der Waals surface area contributed by atoms with Gasteiger partial charge in [-0.05, 0) is 70.4 Å². The highest BCUT2D eigenvalue weighted by Crippen LogP contribution is 2.43. The Hall–Kier alpha value is -5.16. The molecule has 1 aliphatic rings. The van der Waals surface area contributed by atoms with E-state index in [1.54, 1.807) is 0 Å². The Morgan fingerprint density at radius 2 is 1.24 bits per heavy atom. The fourth-order valence-corrected chi connectivity index (χ4v) is 8.27. The molecule has 0 radical (unpaired) electrons. The second-order valence-corrected chi connectivity index (χ2v) is 13.0. The minimum atomic E-state index is -0.0559. The molecule has 3 heterocycles. The zero-order chi connectivity index (χ0) is 29.9. The molecular formula is C41H31N3S. The lowest BCUT2D eigenvalue weighted by Crippen LogP contribution is -2.41. The van der Waals surface area contributed by atoms with Crippen molar-refractivity contribution >= 4 is 53.3 Å². The summed E-state index contributed by atoms with van der Waals surface area (Å²) in [6.07, 6.45) is 4.40. The predicted octanol–water partition coefficient (Wildman–Crippen LogP) is 10.7.